The molecule has 3 heterocycles. The second-order valence-corrected chi connectivity index (χ2v) is 11.9. The van der Waals surface area contributed by atoms with E-state index in [9.17, 15) is 0 Å². The van der Waals surface area contributed by atoms with Gasteiger partial charge in [-0.2, -0.15) is 10.4 Å². The fourth-order valence-electron chi connectivity index (χ4n) is 5.79. The molecule has 0 bridgehead atoms. The van der Waals surface area contributed by atoms with Crippen LogP contribution in [-0.2, 0) is 19.5 Å². The SMILES string of the molecule is CCCCc1c(Br)[n+](Cc2ccc(-c3ccccc3-c3nn[nH]n3)cc2)cn1Cc1ccc(-c2ccccc2-c2nn[nH]n2)cc1.[Br-]. The van der Waals surface area contributed by atoms with E-state index in [4.69, 9.17) is 0 Å². The highest BCUT2D eigenvalue weighted by molar-refractivity contribution is 9.10. The van der Waals surface area contributed by atoms with E-state index in [1.807, 2.05) is 36.4 Å². The quantitative estimate of drug-likeness (QED) is 0.195. The van der Waals surface area contributed by atoms with Gasteiger partial charge in [0.1, 0.15) is 13.1 Å². The number of nitrogens with one attached hydrogen (secondary N) is 2. The Kier molecular flexibility index (Phi) is 10.1. The molecule has 0 spiro atoms. The summed E-state index contributed by atoms with van der Waals surface area (Å²) in [6.45, 7) is 3.77. The van der Waals surface area contributed by atoms with Crippen molar-refractivity contribution >= 4 is 15.9 Å². The molecule has 0 aliphatic carbocycles. The minimum Gasteiger partial charge on any atom is -1.00 e. The van der Waals surface area contributed by atoms with Crippen LogP contribution in [0.15, 0.2) is 108 Å². The summed E-state index contributed by atoms with van der Waals surface area (Å²) in [5, 5.41) is 29.3. The Labute approximate surface area is 291 Å². The molecule has 0 amide bonds. The Bertz CT molecular complexity index is 2040. The van der Waals surface area contributed by atoms with Gasteiger partial charge in [0.15, 0.2) is 5.69 Å². The van der Waals surface area contributed by atoms with Gasteiger partial charge in [0, 0.05) is 33.5 Å². The lowest BCUT2D eigenvalue weighted by molar-refractivity contribution is -0.698. The summed E-state index contributed by atoms with van der Waals surface area (Å²) in [5.41, 5.74) is 10.0. The molecule has 47 heavy (non-hydrogen) atoms. The van der Waals surface area contributed by atoms with Gasteiger partial charge in [-0.1, -0.05) is 110 Å². The lowest BCUT2D eigenvalue weighted by atomic mass is 9.98. The molecule has 236 valence electrons. The molecule has 0 radical (unpaired) electrons. The maximum Gasteiger partial charge on any atom is 0.245 e. The van der Waals surface area contributed by atoms with Crippen molar-refractivity contribution in [3.8, 4) is 45.0 Å². The zero-order valence-electron chi connectivity index (χ0n) is 25.7. The van der Waals surface area contributed by atoms with Gasteiger partial charge in [-0.15, -0.1) is 20.4 Å². The Morgan fingerprint density at radius 1 is 0.681 bits per heavy atom. The fraction of sp³-hybridized carbons (Fsp3) is 0.171. The highest BCUT2D eigenvalue weighted by Gasteiger charge is 2.22. The van der Waals surface area contributed by atoms with E-state index >= 15 is 0 Å². The van der Waals surface area contributed by atoms with Crippen molar-refractivity contribution in [3.05, 3.63) is 125 Å². The van der Waals surface area contributed by atoms with Crippen molar-refractivity contribution in [2.24, 2.45) is 0 Å². The Balaban J connectivity index is 0.00000386. The summed E-state index contributed by atoms with van der Waals surface area (Å²) < 4.78 is 5.79. The van der Waals surface area contributed by atoms with Gasteiger partial charge in [0.25, 0.3) is 0 Å². The van der Waals surface area contributed by atoms with E-state index < -0.39 is 0 Å². The first-order chi connectivity index (χ1) is 22.7. The number of aromatic nitrogens is 10. The Morgan fingerprint density at radius 3 is 1.68 bits per heavy atom. The third-order valence-electron chi connectivity index (χ3n) is 8.15. The van der Waals surface area contributed by atoms with Crippen LogP contribution in [0.4, 0.5) is 0 Å². The average molecular weight is 753 g/mol. The van der Waals surface area contributed by atoms with Crippen LogP contribution in [0.1, 0.15) is 36.6 Å². The molecule has 10 nitrogen and oxygen atoms in total. The van der Waals surface area contributed by atoms with Gasteiger partial charge >= 0.3 is 0 Å². The number of H-pyrrole nitrogens is 2. The van der Waals surface area contributed by atoms with Crippen molar-refractivity contribution in [1.82, 2.24) is 45.8 Å². The number of hydrogen-bond donors (Lipinski definition) is 2. The first-order valence-corrected chi connectivity index (χ1v) is 16.1. The van der Waals surface area contributed by atoms with Crippen LogP contribution >= 0.6 is 15.9 Å². The molecule has 7 aromatic rings. The molecule has 0 atom stereocenters. The number of rotatable bonds is 11. The van der Waals surface area contributed by atoms with E-state index in [-0.39, 0.29) is 17.0 Å². The minimum absolute atomic E-state index is 0. The molecule has 0 saturated carbocycles. The number of unbranched alkanes of at least 4 members (excludes halogenated alkanes) is 1. The summed E-state index contributed by atoms with van der Waals surface area (Å²) >= 11 is 3.95. The summed E-state index contributed by atoms with van der Waals surface area (Å²) in [5.74, 6) is 1.17. The maximum atomic E-state index is 4.19. The fourth-order valence-corrected chi connectivity index (χ4v) is 6.44. The van der Waals surface area contributed by atoms with Crippen LogP contribution < -0.4 is 21.5 Å². The van der Waals surface area contributed by atoms with Crippen molar-refractivity contribution in [1.29, 1.82) is 0 Å². The number of imidazole rings is 1. The van der Waals surface area contributed by atoms with Crippen LogP contribution in [0.5, 0.6) is 0 Å². The third-order valence-corrected chi connectivity index (χ3v) is 9.06. The van der Waals surface area contributed by atoms with Gasteiger partial charge in [-0.3, -0.25) is 0 Å². The van der Waals surface area contributed by atoms with E-state index in [1.54, 1.807) is 0 Å². The number of hydrogen-bond acceptors (Lipinski definition) is 6. The average Bonchev–Trinajstić information content (AvgIpc) is 3.89. The molecule has 4 aromatic carbocycles. The first-order valence-electron chi connectivity index (χ1n) is 15.3. The largest absolute Gasteiger partial charge is 1.00 e. The standard InChI is InChI=1S/C35H32BrN10.BrH/c1-2-3-12-32-33(36)46(22-25-15-19-27(20-16-25)29-9-5-7-11-31(29)35-39-43-44-40-35)23-45(32)21-24-13-17-26(18-14-24)28-8-4-6-10-30(28)34-37-41-42-38-34;/h4-11,13-20,23H,2-3,12,21-22H2,1H3,(H,37,38,41,42)(H,39,40,43,44);1H/q+1;/p-1. The Hall–Kier alpha value is -4.81. The van der Waals surface area contributed by atoms with Crippen molar-refractivity contribution in [2.45, 2.75) is 39.3 Å². The van der Waals surface area contributed by atoms with Gasteiger partial charge < -0.3 is 17.0 Å². The number of aromatic amines is 2. The highest BCUT2D eigenvalue weighted by Crippen LogP contribution is 2.31. The van der Waals surface area contributed by atoms with E-state index in [1.165, 1.54) is 16.8 Å². The van der Waals surface area contributed by atoms with E-state index in [2.05, 4.69) is 140 Å². The topological polar surface area (TPSA) is 118 Å². The summed E-state index contributed by atoms with van der Waals surface area (Å²) in [6.07, 6.45) is 5.50. The summed E-state index contributed by atoms with van der Waals surface area (Å²) in [6, 6.07) is 33.7. The molecule has 2 N–H and O–H groups in total. The van der Waals surface area contributed by atoms with Crippen LogP contribution in [0.25, 0.3) is 45.0 Å². The molecule has 12 heteroatoms. The van der Waals surface area contributed by atoms with Crippen molar-refractivity contribution in [2.75, 3.05) is 0 Å². The molecule has 0 aliphatic rings. The maximum absolute atomic E-state index is 4.19. The van der Waals surface area contributed by atoms with Gasteiger partial charge in [-0.25, -0.2) is 9.13 Å². The zero-order valence-corrected chi connectivity index (χ0v) is 28.9. The van der Waals surface area contributed by atoms with Crippen LogP contribution in [-0.4, -0.2) is 45.8 Å². The predicted molar refractivity (Wildman–Crippen MR) is 179 cm³/mol. The predicted octanol–water partition coefficient (Wildman–Crippen LogP) is 3.68. The number of benzene rings is 4. The van der Waals surface area contributed by atoms with Crippen molar-refractivity contribution in [3.63, 3.8) is 0 Å². The Morgan fingerprint density at radius 2 is 1.19 bits per heavy atom. The summed E-state index contributed by atoms with van der Waals surface area (Å²) in [4.78, 5) is 0. The second kappa shape index (κ2) is 14.7. The molecule has 0 saturated heterocycles. The lowest BCUT2D eigenvalue weighted by Crippen LogP contribution is -3.00. The third kappa shape index (κ3) is 6.98. The van der Waals surface area contributed by atoms with Gasteiger partial charge in [0.2, 0.25) is 22.6 Å². The van der Waals surface area contributed by atoms with Crippen LogP contribution in [0.2, 0.25) is 0 Å². The van der Waals surface area contributed by atoms with Crippen molar-refractivity contribution < 1.29 is 21.5 Å². The molecule has 3 aromatic heterocycles. The molecular weight excluding hydrogens is 720 g/mol. The molecule has 0 aliphatic heterocycles. The first kappa shape index (κ1) is 32.1. The smallest absolute Gasteiger partial charge is 0.245 e. The number of halogens is 2. The van der Waals surface area contributed by atoms with Crippen LogP contribution in [0.3, 0.4) is 0 Å². The molecule has 7 rings (SSSR count). The lowest BCUT2D eigenvalue weighted by Gasteiger charge is -2.08. The summed E-state index contributed by atoms with van der Waals surface area (Å²) in [7, 11) is 0. The minimum atomic E-state index is 0. The van der Waals surface area contributed by atoms with Gasteiger partial charge in [0.05, 0.1) is 0 Å². The number of tetrazole rings is 2. The molecule has 0 unspecified atom stereocenters. The second-order valence-electron chi connectivity index (χ2n) is 11.2. The monoisotopic (exact) mass is 750 g/mol. The zero-order chi connectivity index (χ0) is 31.3. The van der Waals surface area contributed by atoms with Gasteiger partial charge in [-0.05, 0) is 50.2 Å². The van der Waals surface area contributed by atoms with Crippen LogP contribution in [0, 0.1) is 0 Å². The molecular formula is C35H32Br2N10. The normalized spacial score (nSPS) is 11.0. The highest BCUT2D eigenvalue weighted by atomic mass is 79.9. The van der Waals surface area contributed by atoms with E-state index in [0.717, 1.165) is 70.3 Å². The molecule has 0 fully saturated rings. The van der Waals surface area contributed by atoms with E-state index in [0.29, 0.717) is 11.6 Å². The number of nitrogens with zero attached hydrogens (tertiary/aromatic N) is 8.